The van der Waals surface area contributed by atoms with Crippen LogP contribution in [0.2, 0.25) is 10.0 Å². The fourth-order valence-corrected chi connectivity index (χ4v) is 9.61. The largest absolute Gasteiger partial charge is 0.362 e. The predicted octanol–water partition coefficient (Wildman–Crippen LogP) is 6.02. The Hall–Kier alpha value is -3.12. The maximum atomic E-state index is 14.1. The summed E-state index contributed by atoms with van der Waals surface area (Å²) < 4.78 is 63.0. The second-order valence-electron chi connectivity index (χ2n) is 10.4. The number of carbonyl (C=O) groups is 2. The molecular weight excluding hydrogens is 730 g/mol. The molecule has 0 radical (unpaired) electrons. The van der Waals surface area contributed by atoms with Crippen molar-refractivity contribution in [2.24, 2.45) is 0 Å². The molecule has 0 saturated heterocycles. The topological polar surface area (TPSA) is 165 Å². The van der Waals surface area contributed by atoms with E-state index in [0.717, 1.165) is 22.7 Å². The number of nitrogens with zero attached hydrogens (tertiary/aromatic N) is 3. The first-order valence-corrected chi connectivity index (χ1v) is 19.4. The Balaban J connectivity index is 1.70. The number of benzene rings is 2. The van der Waals surface area contributed by atoms with Crippen molar-refractivity contribution in [2.45, 2.75) is 62.3 Å². The lowest BCUT2D eigenvalue weighted by atomic mass is 10.0. The van der Waals surface area contributed by atoms with E-state index in [1.54, 1.807) is 18.4 Å². The molecule has 0 aliphatic carbocycles. The normalized spacial score (nSPS) is 13.2. The highest BCUT2D eigenvalue weighted by Gasteiger charge is 2.42. The van der Waals surface area contributed by atoms with Crippen LogP contribution in [0.3, 0.4) is 0 Å². The molecule has 2 aromatic carbocycles. The summed E-state index contributed by atoms with van der Waals surface area (Å²) in [6, 6.07) is 8.79. The lowest BCUT2D eigenvalue weighted by Gasteiger charge is -2.29. The van der Waals surface area contributed by atoms with Gasteiger partial charge in [-0.1, -0.05) is 42.3 Å². The van der Waals surface area contributed by atoms with Gasteiger partial charge >= 0.3 is 0 Å². The zero-order valence-corrected chi connectivity index (χ0v) is 30.6. The van der Waals surface area contributed by atoms with Gasteiger partial charge in [0.15, 0.2) is 10.7 Å². The number of carbonyl (C=O) groups excluding carboxylic acids is 2. The molecule has 1 amide bonds. The van der Waals surface area contributed by atoms with Gasteiger partial charge in [-0.2, -0.15) is 8.42 Å². The third-order valence-electron chi connectivity index (χ3n) is 7.12. The lowest BCUT2D eigenvalue weighted by Crippen LogP contribution is -2.54. The van der Waals surface area contributed by atoms with Gasteiger partial charge < -0.3 is 4.74 Å². The first kappa shape index (κ1) is 36.7. The SMILES string of the molecule is CCCC(=O)Cc1csc(N(NC(=O)C(C)(OC)c2csc(NS(=O)(=O)c3cccc(Cl)c3C)n2)S(=O)(=O)c2cccc(Cl)c2C)n1. The third-order valence-corrected chi connectivity index (χ3v) is 13.0. The minimum Gasteiger partial charge on any atom is -0.362 e. The van der Waals surface area contributed by atoms with Crippen molar-refractivity contribution in [2.75, 3.05) is 16.2 Å². The number of anilines is 2. The van der Waals surface area contributed by atoms with E-state index in [2.05, 4.69) is 20.1 Å². The Bertz CT molecular complexity index is 2030. The number of rotatable bonds is 14. The molecule has 1 unspecified atom stereocenters. The molecule has 0 bridgehead atoms. The van der Waals surface area contributed by atoms with Crippen LogP contribution in [-0.4, -0.2) is 45.6 Å². The van der Waals surface area contributed by atoms with E-state index < -0.39 is 31.6 Å². The molecule has 0 saturated carbocycles. The van der Waals surface area contributed by atoms with Gasteiger partial charge in [0, 0.05) is 40.8 Å². The molecular formula is C29H31Cl2N5O7S4. The van der Waals surface area contributed by atoms with E-state index in [9.17, 15) is 26.4 Å². The molecule has 0 aliphatic heterocycles. The Kier molecular flexibility index (Phi) is 11.4. The highest BCUT2D eigenvalue weighted by atomic mass is 35.5. The number of sulfonamides is 2. The number of thiazole rings is 2. The minimum absolute atomic E-state index is 0.00955. The molecule has 252 valence electrons. The van der Waals surface area contributed by atoms with Crippen LogP contribution < -0.4 is 14.6 Å². The molecule has 0 spiro atoms. The minimum atomic E-state index is -4.53. The van der Waals surface area contributed by atoms with Crippen LogP contribution in [0.15, 0.2) is 56.9 Å². The molecule has 18 heteroatoms. The van der Waals surface area contributed by atoms with Crippen LogP contribution >= 0.6 is 45.9 Å². The monoisotopic (exact) mass is 759 g/mol. The summed E-state index contributed by atoms with van der Waals surface area (Å²) in [5.41, 5.74) is 1.40. The van der Waals surface area contributed by atoms with Crippen LogP contribution in [0.5, 0.6) is 0 Å². The van der Waals surface area contributed by atoms with Gasteiger partial charge in [-0.25, -0.2) is 23.8 Å². The number of hydrogen-bond acceptors (Lipinski definition) is 11. The van der Waals surface area contributed by atoms with Gasteiger partial charge in [0.2, 0.25) is 5.13 Å². The summed E-state index contributed by atoms with van der Waals surface area (Å²) in [5.74, 6) is -1.03. The van der Waals surface area contributed by atoms with Crippen molar-refractivity contribution in [3.05, 3.63) is 79.7 Å². The number of amides is 1. The number of aromatic nitrogens is 2. The van der Waals surface area contributed by atoms with Crippen LogP contribution in [0.1, 0.15) is 49.2 Å². The van der Waals surface area contributed by atoms with Crippen molar-refractivity contribution < 1.29 is 31.2 Å². The van der Waals surface area contributed by atoms with Gasteiger partial charge in [0.05, 0.1) is 21.2 Å². The number of ketones is 1. The number of hydrogen-bond donors (Lipinski definition) is 2. The zero-order chi connectivity index (χ0) is 34.7. The molecule has 1 atom stereocenters. The Morgan fingerprint density at radius 3 is 2.19 bits per heavy atom. The molecule has 47 heavy (non-hydrogen) atoms. The fourth-order valence-electron chi connectivity index (χ4n) is 4.32. The highest BCUT2D eigenvalue weighted by Crippen LogP contribution is 2.34. The van der Waals surface area contributed by atoms with E-state index in [1.807, 2.05) is 6.92 Å². The number of ether oxygens (including phenoxy) is 1. The van der Waals surface area contributed by atoms with Gasteiger partial charge in [-0.3, -0.25) is 14.3 Å². The first-order valence-electron chi connectivity index (χ1n) is 13.9. The summed E-state index contributed by atoms with van der Waals surface area (Å²) >= 11 is 14.2. The number of nitrogens with one attached hydrogen (secondary N) is 2. The molecule has 2 heterocycles. The second kappa shape index (κ2) is 14.6. The smallest absolute Gasteiger partial charge is 0.284 e. The van der Waals surface area contributed by atoms with Crippen molar-refractivity contribution >= 4 is 87.9 Å². The number of methoxy groups -OCH3 is 1. The van der Waals surface area contributed by atoms with Gasteiger partial charge in [-0.05, 0) is 62.6 Å². The number of Topliss-reactive ketones (excluding diaryl/α,β-unsaturated/α-hetero) is 1. The Morgan fingerprint density at radius 1 is 0.957 bits per heavy atom. The predicted molar refractivity (Wildman–Crippen MR) is 183 cm³/mol. The summed E-state index contributed by atoms with van der Waals surface area (Å²) in [6.07, 6.45) is 0.977. The molecule has 4 rings (SSSR count). The zero-order valence-electron chi connectivity index (χ0n) is 25.8. The van der Waals surface area contributed by atoms with Crippen molar-refractivity contribution in [1.82, 2.24) is 15.4 Å². The van der Waals surface area contributed by atoms with Gasteiger partial charge in [-0.15, -0.1) is 27.1 Å². The average Bonchev–Trinajstić information content (AvgIpc) is 3.67. The summed E-state index contributed by atoms with van der Waals surface area (Å²) in [7, 11) is -7.42. The molecule has 2 N–H and O–H groups in total. The number of halogens is 2. The van der Waals surface area contributed by atoms with E-state index in [4.69, 9.17) is 27.9 Å². The van der Waals surface area contributed by atoms with E-state index >= 15 is 0 Å². The Labute approximate surface area is 291 Å². The molecule has 4 aromatic rings. The maximum absolute atomic E-state index is 14.1. The second-order valence-corrected chi connectivity index (χ2v) is 16.3. The standard InChI is InChI=1S/C29H31Cl2N5O7S4/c1-6-9-20(37)14-19-15-45-28(32-19)36(47(41,42)24-13-8-11-22(31)18(24)3)34-26(38)29(4,43-5)25-16-44-27(33-25)35-46(39,40)23-12-7-10-21(30)17(23)2/h7-8,10-13,15-16H,6,9,14H2,1-5H3,(H,33,35)(H,34,38). The lowest BCUT2D eigenvalue weighted by molar-refractivity contribution is -0.142. The quantitative estimate of drug-likeness (QED) is 0.146. The number of hydrazine groups is 1. The molecule has 2 aromatic heterocycles. The van der Waals surface area contributed by atoms with Crippen molar-refractivity contribution in [1.29, 1.82) is 0 Å². The molecule has 12 nitrogen and oxygen atoms in total. The van der Waals surface area contributed by atoms with Gasteiger partial charge in [0.1, 0.15) is 5.78 Å². The van der Waals surface area contributed by atoms with Crippen LogP contribution in [0.25, 0.3) is 0 Å². The highest BCUT2D eigenvalue weighted by molar-refractivity contribution is 7.93. The summed E-state index contributed by atoms with van der Waals surface area (Å²) in [5, 5.41) is 3.19. The van der Waals surface area contributed by atoms with Crippen molar-refractivity contribution in [3.63, 3.8) is 0 Å². The summed E-state index contributed by atoms with van der Waals surface area (Å²) in [6.45, 7) is 6.31. The maximum Gasteiger partial charge on any atom is 0.284 e. The van der Waals surface area contributed by atoms with E-state index in [1.165, 1.54) is 56.7 Å². The van der Waals surface area contributed by atoms with Crippen molar-refractivity contribution in [3.8, 4) is 0 Å². The van der Waals surface area contributed by atoms with E-state index in [0.29, 0.717) is 28.5 Å². The molecule has 0 aliphatic rings. The summed E-state index contributed by atoms with van der Waals surface area (Å²) in [4.78, 5) is 34.6. The Morgan fingerprint density at radius 2 is 1.57 bits per heavy atom. The molecule has 0 fully saturated rings. The van der Waals surface area contributed by atoms with E-state index in [-0.39, 0.29) is 53.6 Å². The van der Waals surface area contributed by atoms with Crippen LogP contribution in [0.4, 0.5) is 10.3 Å². The average molecular weight is 761 g/mol. The first-order chi connectivity index (χ1) is 22.0. The third kappa shape index (κ3) is 7.80. The fraction of sp³-hybridized carbons (Fsp3) is 0.310. The van der Waals surface area contributed by atoms with Crippen LogP contribution in [-0.2, 0) is 46.4 Å². The van der Waals surface area contributed by atoms with Crippen LogP contribution in [0, 0.1) is 13.8 Å². The van der Waals surface area contributed by atoms with Gasteiger partial charge in [0.25, 0.3) is 26.0 Å².